The van der Waals surface area contributed by atoms with Crippen LogP contribution in [-0.4, -0.2) is 15.4 Å². The molecule has 0 radical (unpaired) electrons. The molecule has 84 valence electrons. The number of hydrogen-bond acceptors (Lipinski definition) is 3. The largest absolute Gasteiger partial charge is 0.469 e. The summed E-state index contributed by atoms with van der Waals surface area (Å²) in [6, 6.07) is 9.21. The Hall–Kier alpha value is -2.36. The highest BCUT2D eigenvalue weighted by atomic mass is 16.3. The van der Waals surface area contributed by atoms with Crippen LogP contribution in [0.4, 0.5) is 0 Å². The van der Waals surface area contributed by atoms with Crippen LogP contribution in [0.5, 0.6) is 0 Å². The fraction of sp³-hybridized carbons (Fsp3) is 0.0769. The Balaban J connectivity index is 1.96. The minimum absolute atomic E-state index is 0.0150. The van der Waals surface area contributed by atoms with Gasteiger partial charge in [0.25, 0.3) is 0 Å². The number of ketones is 1. The number of fused-ring (bicyclic) bond motifs is 1. The number of nitrogens with zero attached hydrogens (tertiary/aromatic N) is 2. The molecule has 0 bridgehead atoms. The maximum Gasteiger partial charge on any atom is 0.174 e. The molecule has 0 amide bonds. The average molecular weight is 226 g/mol. The lowest BCUT2D eigenvalue weighted by atomic mass is 10.1. The minimum Gasteiger partial charge on any atom is -0.469 e. The van der Waals surface area contributed by atoms with Gasteiger partial charge in [-0.3, -0.25) is 4.79 Å². The van der Waals surface area contributed by atoms with Crippen LogP contribution in [0.15, 0.2) is 53.4 Å². The van der Waals surface area contributed by atoms with E-state index in [2.05, 4.69) is 5.10 Å². The zero-order chi connectivity index (χ0) is 11.7. The lowest BCUT2D eigenvalue weighted by Gasteiger charge is -1.96. The standard InChI is InChI=1S/C13H10N2O2/c16-13(8-10-4-3-7-17-10)11-9-14-15-6-2-1-5-12(11)15/h1-7,9H,8H2. The first-order valence-corrected chi connectivity index (χ1v) is 5.32. The van der Waals surface area contributed by atoms with Crippen molar-refractivity contribution >= 4 is 11.3 Å². The predicted octanol–water partition coefficient (Wildman–Crippen LogP) is 2.35. The molecular formula is C13H10N2O2. The second kappa shape index (κ2) is 3.90. The van der Waals surface area contributed by atoms with Crippen molar-refractivity contribution in [1.82, 2.24) is 9.61 Å². The third kappa shape index (κ3) is 1.73. The molecule has 0 N–H and O–H groups in total. The summed E-state index contributed by atoms with van der Waals surface area (Å²) in [5, 5.41) is 4.13. The number of Topliss-reactive ketones (excluding diaryl/α,β-unsaturated/α-hetero) is 1. The third-order valence-electron chi connectivity index (χ3n) is 2.64. The molecule has 0 aromatic carbocycles. The summed E-state index contributed by atoms with van der Waals surface area (Å²) in [6.45, 7) is 0. The van der Waals surface area contributed by atoms with Gasteiger partial charge in [0.05, 0.1) is 30.0 Å². The van der Waals surface area contributed by atoms with Crippen LogP contribution in [0.1, 0.15) is 16.1 Å². The Labute approximate surface area is 97.5 Å². The van der Waals surface area contributed by atoms with E-state index in [1.165, 1.54) is 0 Å². The van der Waals surface area contributed by atoms with Gasteiger partial charge in [0.1, 0.15) is 5.76 Å². The van der Waals surface area contributed by atoms with Crippen LogP contribution >= 0.6 is 0 Å². The topological polar surface area (TPSA) is 47.5 Å². The highest BCUT2D eigenvalue weighted by molar-refractivity contribution is 6.02. The Morgan fingerprint density at radius 3 is 3.06 bits per heavy atom. The third-order valence-corrected chi connectivity index (χ3v) is 2.64. The first kappa shape index (κ1) is 9.84. The van der Waals surface area contributed by atoms with Crippen LogP contribution in [0.3, 0.4) is 0 Å². The lowest BCUT2D eigenvalue weighted by Crippen LogP contribution is -2.02. The molecule has 3 rings (SSSR count). The van der Waals surface area contributed by atoms with Crippen molar-refractivity contribution in [2.75, 3.05) is 0 Å². The van der Waals surface area contributed by atoms with E-state index in [0.29, 0.717) is 11.3 Å². The molecule has 0 spiro atoms. The van der Waals surface area contributed by atoms with Crippen LogP contribution < -0.4 is 0 Å². The Kier molecular flexibility index (Phi) is 2.26. The van der Waals surface area contributed by atoms with Crippen LogP contribution in [0.2, 0.25) is 0 Å². The van der Waals surface area contributed by atoms with Crippen molar-refractivity contribution in [3.8, 4) is 0 Å². The van der Waals surface area contributed by atoms with E-state index in [1.54, 1.807) is 29.1 Å². The maximum atomic E-state index is 12.1. The van der Waals surface area contributed by atoms with Crippen LogP contribution in [0.25, 0.3) is 5.52 Å². The lowest BCUT2D eigenvalue weighted by molar-refractivity contribution is 0.0988. The Morgan fingerprint density at radius 2 is 2.24 bits per heavy atom. The van der Waals surface area contributed by atoms with Gasteiger partial charge in [0.15, 0.2) is 5.78 Å². The van der Waals surface area contributed by atoms with Gasteiger partial charge in [-0.1, -0.05) is 6.07 Å². The second-order valence-corrected chi connectivity index (χ2v) is 3.77. The van der Waals surface area contributed by atoms with Gasteiger partial charge in [-0.25, -0.2) is 4.52 Å². The van der Waals surface area contributed by atoms with E-state index in [9.17, 15) is 4.79 Å². The molecule has 4 heteroatoms. The number of hydrogen-bond donors (Lipinski definition) is 0. The zero-order valence-electron chi connectivity index (χ0n) is 9.04. The van der Waals surface area contributed by atoms with Gasteiger partial charge in [-0.2, -0.15) is 5.10 Å². The van der Waals surface area contributed by atoms with E-state index in [1.807, 2.05) is 24.4 Å². The summed E-state index contributed by atoms with van der Waals surface area (Å²) in [7, 11) is 0. The van der Waals surface area contributed by atoms with Gasteiger partial charge in [0, 0.05) is 6.20 Å². The van der Waals surface area contributed by atoms with Crippen LogP contribution in [-0.2, 0) is 6.42 Å². The van der Waals surface area contributed by atoms with Crippen molar-refractivity contribution in [3.05, 3.63) is 60.3 Å². The monoisotopic (exact) mass is 226 g/mol. The first-order chi connectivity index (χ1) is 8.34. The summed E-state index contributed by atoms with van der Waals surface area (Å²) in [5.41, 5.74) is 1.45. The molecule has 0 aliphatic heterocycles. The number of pyridine rings is 1. The van der Waals surface area contributed by atoms with Gasteiger partial charge in [-0.05, 0) is 24.3 Å². The minimum atomic E-state index is 0.0150. The fourth-order valence-electron chi connectivity index (χ4n) is 1.82. The van der Waals surface area contributed by atoms with E-state index in [4.69, 9.17) is 4.42 Å². The average Bonchev–Trinajstić information content (AvgIpc) is 2.96. The van der Waals surface area contributed by atoms with Gasteiger partial charge in [-0.15, -0.1) is 0 Å². The molecule has 0 unspecified atom stereocenters. The number of aromatic nitrogens is 2. The molecule has 0 fully saturated rings. The van der Waals surface area contributed by atoms with Gasteiger partial charge < -0.3 is 4.42 Å². The number of furan rings is 1. The van der Waals surface area contributed by atoms with Crippen molar-refractivity contribution in [2.45, 2.75) is 6.42 Å². The van der Waals surface area contributed by atoms with Crippen molar-refractivity contribution in [1.29, 1.82) is 0 Å². The quantitative estimate of drug-likeness (QED) is 0.644. The molecule has 3 heterocycles. The second-order valence-electron chi connectivity index (χ2n) is 3.77. The molecule has 0 atom stereocenters. The summed E-state index contributed by atoms with van der Waals surface area (Å²) in [6.07, 6.45) is 5.25. The summed E-state index contributed by atoms with van der Waals surface area (Å²) in [5.74, 6) is 0.687. The number of carbonyl (C=O) groups excluding carboxylic acids is 1. The van der Waals surface area contributed by atoms with Gasteiger partial charge in [0.2, 0.25) is 0 Å². The summed E-state index contributed by atoms with van der Waals surface area (Å²) >= 11 is 0. The Morgan fingerprint density at radius 1 is 1.29 bits per heavy atom. The molecule has 3 aromatic heterocycles. The molecule has 0 aliphatic rings. The molecule has 0 saturated heterocycles. The highest BCUT2D eigenvalue weighted by Gasteiger charge is 2.13. The number of carbonyl (C=O) groups is 1. The molecule has 0 saturated carbocycles. The molecule has 0 aliphatic carbocycles. The molecule has 17 heavy (non-hydrogen) atoms. The van der Waals surface area contributed by atoms with Gasteiger partial charge >= 0.3 is 0 Å². The molecular weight excluding hydrogens is 216 g/mol. The SMILES string of the molecule is O=C(Cc1ccco1)c1cnn2ccccc12. The molecule has 3 aromatic rings. The van der Waals surface area contributed by atoms with Crippen molar-refractivity contribution < 1.29 is 9.21 Å². The van der Waals surface area contributed by atoms with E-state index in [-0.39, 0.29) is 12.2 Å². The smallest absolute Gasteiger partial charge is 0.174 e. The normalized spacial score (nSPS) is 10.8. The zero-order valence-corrected chi connectivity index (χ0v) is 9.04. The fourth-order valence-corrected chi connectivity index (χ4v) is 1.82. The predicted molar refractivity (Wildman–Crippen MR) is 61.9 cm³/mol. The van der Waals surface area contributed by atoms with Crippen molar-refractivity contribution in [2.24, 2.45) is 0 Å². The van der Waals surface area contributed by atoms with E-state index < -0.39 is 0 Å². The first-order valence-electron chi connectivity index (χ1n) is 5.32. The maximum absolute atomic E-state index is 12.1. The summed E-state index contributed by atoms with van der Waals surface area (Å²) < 4.78 is 6.86. The van der Waals surface area contributed by atoms with Crippen molar-refractivity contribution in [3.63, 3.8) is 0 Å². The summed E-state index contributed by atoms with van der Waals surface area (Å²) in [4.78, 5) is 12.1. The highest BCUT2D eigenvalue weighted by Crippen LogP contribution is 2.13. The molecule has 4 nitrogen and oxygen atoms in total. The number of rotatable bonds is 3. The van der Waals surface area contributed by atoms with Crippen LogP contribution in [0, 0.1) is 0 Å². The van der Waals surface area contributed by atoms with E-state index in [0.717, 1.165) is 5.52 Å². The Bertz CT molecular complexity index is 653. The van der Waals surface area contributed by atoms with E-state index >= 15 is 0 Å².